The number of carbonyl (C=O) groups is 3. The molecule has 1 fully saturated rings. The van der Waals surface area contributed by atoms with E-state index in [1.54, 1.807) is 0 Å². The second kappa shape index (κ2) is 9.00. The first-order chi connectivity index (χ1) is 16.1. The van der Waals surface area contributed by atoms with E-state index in [2.05, 4.69) is 5.32 Å². The summed E-state index contributed by atoms with van der Waals surface area (Å²) in [5, 5.41) is 11.9. The van der Waals surface area contributed by atoms with E-state index in [4.69, 9.17) is 15.8 Å². The molecule has 0 radical (unpaired) electrons. The lowest BCUT2D eigenvalue weighted by molar-refractivity contribution is -0.122. The highest BCUT2D eigenvalue weighted by atomic mass is 35.5. The van der Waals surface area contributed by atoms with E-state index in [-0.39, 0.29) is 33.2 Å². The van der Waals surface area contributed by atoms with Crippen LogP contribution in [0.15, 0.2) is 83.3 Å². The molecule has 2 N–H and O–H groups in total. The van der Waals surface area contributed by atoms with Crippen molar-refractivity contribution in [2.24, 2.45) is 0 Å². The number of halogens is 1. The third kappa shape index (κ3) is 4.77. The van der Waals surface area contributed by atoms with Crippen LogP contribution in [0.3, 0.4) is 0 Å². The number of carbonyl (C=O) groups excluding carboxylic acids is 3. The summed E-state index contributed by atoms with van der Waals surface area (Å²) in [6.45, 7) is 0. The molecule has 1 saturated heterocycles. The largest absolute Gasteiger partial charge is 0.508 e. The molecule has 4 rings (SSSR count). The molecule has 172 valence electrons. The Kier molecular flexibility index (Phi) is 6.10. The molecular weight excluding hydrogens is 484 g/mol. The number of benzene rings is 3. The molecule has 3 aromatic rings. The predicted molar refractivity (Wildman–Crippen MR) is 123 cm³/mol. The summed E-state index contributed by atoms with van der Waals surface area (Å²) < 4.78 is 30.2. The highest BCUT2D eigenvalue weighted by molar-refractivity contribution is 7.87. The van der Waals surface area contributed by atoms with Gasteiger partial charge in [-0.15, -0.1) is 0 Å². The van der Waals surface area contributed by atoms with Crippen LogP contribution in [0.5, 0.6) is 11.5 Å². The number of nitrogens with one attached hydrogen (secondary N) is 1. The number of hydrogen-bond donors (Lipinski definition) is 2. The van der Waals surface area contributed by atoms with Crippen molar-refractivity contribution in [2.45, 2.75) is 4.90 Å². The zero-order valence-corrected chi connectivity index (χ0v) is 18.7. The predicted octanol–water partition coefficient (Wildman–Crippen LogP) is 3.48. The number of anilines is 1. The monoisotopic (exact) mass is 498 g/mol. The zero-order valence-electron chi connectivity index (χ0n) is 17.1. The number of imide groups is 2. The fourth-order valence-corrected chi connectivity index (χ4v) is 4.14. The maximum absolute atomic E-state index is 12.9. The van der Waals surface area contributed by atoms with Crippen molar-refractivity contribution in [3.05, 3.63) is 89.0 Å². The van der Waals surface area contributed by atoms with E-state index < -0.39 is 28.0 Å². The average Bonchev–Trinajstić information content (AvgIpc) is 2.78. The summed E-state index contributed by atoms with van der Waals surface area (Å²) in [6, 6.07) is 15.5. The number of phenolic OH excluding ortho intramolecular Hbond substituents is 1. The first-order valence-electron chi connectivity index (χ1n) is 9.65. The van der Waals surface area contributed by atoms with E-state index >= 15 is 0 Å². The molecule has 1 aliphatic heterocycles. The van der Waals surface area contributed by atoms with Gasteiger partial charge < -0.3 is 9.29 Å². The highest BCUT2D eigenvalue weighted by Crippen LogP contribution is 2.26. The van der Waals surface area contributed by atoms with Gasteiger partial charge in [0, 0.05) is 5.02 Å². The lowest BCUT2D eigenvalue weighted by Crippen LogP contribution is -2.54. The Morgan fingerprint density at radius 2 is 1.62 bits per heavy atom. The van der Waals surface area contributed by atoms with Crippen LogP contribution in [0.1, 0.15) is 5.56 Å². The van der Waals surface area contributed by atoms with Gasteiger partial charge in [0.05, 0.1) is 5.69 Å². The van der Waals surface area contributed by atoms with Crippen LogP contribution in [-0.4, -0.2) is 31.4 Å². The SMILES string of the molecule is O=C1NC(=O)N(c2ccc(O)cc2)C(=O)/C1=C\c1cccc(OS(=O)(=O)c2ccc(Cl)cc2)c1. The van der Waals surface area contributed by atoms with Crippen LogP contribution < -0.4 is 14.4 Å². The standard InChI is InChI=1S/C23H15ClN2O7S/c24-15-4-10-19(11-5-15)34(31,32)33-18-3-1-2-14(12-18)13-20-21(28)25-23(30)26(22(20)29)16-6-8-17(27)9-7-16/h1-13,27H,(H,25,28,30)/b20-13-. The van der Waals surface area contributed by atoms with Crippen molar-refractivity contribution in [1.82, 2.24) is 5.32 Å². The number of nitrogens with zero attached hydrogens (tertiary/aromatic N) is 1. The number of amides is 4. The smallest absolute Gasteiger partial charge is 0.339 e. The average molecular weight is 499 g/mol. The summed E-state index contributed by atoms with van der Waals surface area (Å²) >= 11 is 5.79. The Balaban J connectivity index is 1.63. The molecule has 0 bridgehead atoms. The van der Waals surface area contributed by atoms with Crippen molar-refractivity contribution in [3.8, 4) is 11.5 Å². The Morgan fingerprint density at radius 3 is 2.29 bits per heavy atom. The number of aromatic hydroxyl groups is 1. The normalized spacial score (nSPS) is 15.4. The molecule has 1 aliphatic rings. The van der Waals surface area contributed by atoms with Crippen LogP contribution in [-0.2, 0) is 19.7 Å². The number of hydrogen-bond acceptors (Lipinski definition) is 7. The second-order valence-corrected chi connectivity index (χ2v) is 9.02. The fraction of sp³-hybridized carbons (Fsp3) is 0. The molecule has 0 spiro atoms. The summed E-state index contributed by atoms with van der Waals surface area (Å²) in [7, 11) is -4.16. The molecule has 0 atom stereocenters. The summed E-state index contributed by atoms with van der Waals surface area (Å²) in [4.78, 5) is 38.2. The topological polar surface area (TPSA) is 130 Å². The molecule has 3 aromatic carbocycles. The minimum atomic E-state index is -4.16. The molecule has 9 nitrogen and oxygen atoms in total. The van der Waals surface area contributed by atoms with E-state index in [0.29, 0.717) is 5.02 Å². The summed E-state index contributed by atoms with van der Waals surface area (Å²) in [5.41, 5.74) is 0.0672. The lowest BCUT2D eigenvalue weighted by atomic mass is 10.1. The van der Waals surface area contributed by atoms with Gasteiger partial charge in [0.25, 0.3) is 11.8 Å². The van der Waals surface area contributed by atoms with Gasteiger partial charge in [-0.1, -0.05) is 23.7 Å². The number of barbiturate groups is 1. The maximum atomic E-state index is 12.9. The van der Waals surface area contributed by atoms with Gasteiger partial charge in [-0.25, -0.2) is 9.69 Å². The van der Waals surface area contributed by atoms with E-state index in [1.807, 2.05) is 0 Å². The zero-order chi connectivity index (χ0) is 24.5. The fourth-order valence-electron chi connectivity index (χ4n) is 3.09. The van der Waals surface area contributed by atoms with Crippen molar-refractivity contribution in [3.63, 3.8) is 0 Å². The van der Waals surface area contributed by atoms with Gasteiger partial charge in [-0.2, -0.15) is 8.42 Å². The van der Waals surface area contributed by atoms with E-state index in [0.717, 1.165) is 4.90 Å². The third-order valence-corrected chi connectivity index (χ3v) is 6.20. The van der Waals surface area contributed by atoms with Gasteiger partial charge in [-0.3, -0.25) is 14.9 Å². The first-order valence-corrected chi connectivity index (χ1v) is 11.4. The van der Waals surface area contributed by atoms with Crippen molar-refractivity contribution >= 4 is 51.3 Å². The third-order valence-electron chi connectivity index (χ3n) is 4.69. The minimum Gasteiger partial charge on any atom is -0.508 e. The molecule has 0 unspecified atom stereocenters. The van der Waals surface area contributed by atoms with E-state index in [9.17, 15) is 27.9 Å². The summed E-state index contributed by atoms with van der Waals surface area (Å²) in [6.07, 6.45) is 1.21. The molecule has 34 heavy (non-hydrogen) atoms. The molecule has 4 amide bonds. The number of phenols is 1. The van der Waals surface area contributed by atoms with Gasteiger partial charge in [0.15, 0.2) is 0 Å². The Bertz CT molecular complexity index is 1430. The Morgan fingerprint density at radius 1 is 0.941 bits per heavy atom. The molecular formula is C23H15ClN2O7S. The van der Waals surface area contributed by atoms with Crippen LogP contribution in [0.25, 0.3) is 6.08 Å². The molecule has 1 heterocycles. The van der Waals surface area contributed by atoms with Crippen LogP contribution in [0.4, 0.5) is 10.5 Å². The van der Waals surface area contributed by atoms with Gasteiger partial charge in [-0.05, 0) is 72.3 Å². The maximum Gasteiger partial charge on any atom is 0.339 e. The quantitative estimate of drug-likeness (QED) is 0.313. The molecule has 0 aromatic heterocycles. The lowest BCUT2D eigenvalue weighted by Gasteiger charge is -2.26. The van der Waals surface area contributed by atoms with Crippen molar-refractivity contribution in [1.29, 1.82) is 0 Å². The van der Waals surface area contributed by atoms with Crippen LogP contribution in [0.2, 0.25) is 5.02 Å². The molecule has 11 heteroatoms. The number of rotatable bonds is 5. The molecule has 0 saturated carbocycles. The van der Waals surface area contributed by atoms with Gasteiger partial charge >= 0.3 is 16.1 Å². The van der Waals surface area contributed by atoms with Crippen molar-refractivity contribution in [2.75, 3.05) is 4.90 Å². The van der Waals surface area contributed by atoms with Crippen molar-refractivity contribution < 1.29 is 32.1 Å². The Labute approximate surface area is 199 Å². The first kappa shape index (κ1) is 23.0. The highest BCUT2D eigenvalue weighted by Gasteiger charge is 2.36. The number of urea groups is 1. The van der Waals surface area contributed by atoms with Gasteiger partial charge in [0.1, 0.15) is 22.0 Å². The minimum absolute atomic E-state index is 0.0561. The summed E-state index contributed by atoms with van der Waals surface area (Å²) in [5.74, 6) is -1.92. The second-order valence-electron chi connectivity index (χ2n) is 7.04. The van der Waals surface area contributed by atoms with Gasteiger partial charge in [0.2, 0.25) is 0 Å². The Hall–Kier alpha value is -4.15. The van der Waals surface area contributed by atoms with Crippen LogP contribution >= 0.6 is 11.6 Å². The van der Waals surface area contributed by atoms with E-state index in [1.165, 1.54) is 78.9 Å². The molecule has 0 aliphatic carbocycles. The van der Waals surface area contributed by atoms with Crippen LogP contribution in [0, 0.1) is 0 Å².